The molecule has 1 aliphatic rings. The van der Waals surface area contributed by atoms with Crippen LogP contribution in [0.1, 0.15) is 18.4 Å². The number of hydrogen-bond donors (Lipinski definition) is 2. The van der Waals surface area contributed by atoms with Crippen LogP contribution in [0.2, 0.25) is 0 Å². The molecule has 138 valence electrons. The highest BCUT2D eigenvalue weighted by molar-refractivity contribution is 7.97. The van der Waals surface area contributed by atoms with E-state index in [1.165, 1.54) is 25.0 Å². The summed E-state index contributed by atoms with van der Waals surface area (Å²) in [5.74, 6) is 0. The van der Waals surface area contributed by atoms with E-state index in [4.69, 9.17) is 0 Å². The van der Waals surface area contributed by atoms with Crippen LogP contribution < -0.4 is 10.6 Å². The number of alkyl halides is 3. The van der Waals surface area contributed by atoms with Crippen LogP contribution >= 0.6 is 11.9 Å². The summed E-state index contributed by atoms with van der Waals surface area (Å²) < 4.78 is 40.4. The molecule has 0 radical (unpaired) electrons. The molecule has 8 heteroatoms. The zero-order chi connectivity index (χ0) is 18.6. The van der Waals surface area contributed by atoms with Crippen molar-refractivity contribution in [1.29, 1.82) is 0 Å². The summed E-state index contributed by atoms with van der Waals surface area (Å²) in [7, 11) is 0. The van der Waals surface area contributed by atoms with Gasteiger partial charge in [-0.15, -0.1) is 0 Å². The Bertz CT molecular complexity index is 759. The zero-order valence-corrected chi connectivity index (χ0v) is 14.7. The van der Waals surface area contributed by atoms with Gasteiger partial charge in [0.15, 0.2) is 0 Å². The van der Waals surface area contributed by atoms with Crippen molar-refractivity contribution < 1.29 is 18.0 Å². The highest BCUT2D eigenvalue weighted by atomic mass is 32.2. The van der Waals surface area contributed by atoms with E-state index in [-0.39, 0.29) is 5.69 Å². The second kappa shape index (κ2) is 8.01. The van der Waals surface area contributed by atoms with Crippen molar-refractivity contribution in [2.24, 2.45) is 0 Å². The summed E-state index contributed by atoms with van der Waals surface area (Å²) in [5.41, 5.74) is -0.155. The predicted octanol–water partition coefficient (Wildman–Crippen LogP) is 5.45. The van der Waals surface area contributed by atoms with Gasteiger partial charge in [0.05, 0.1) is 5.56 Å². The average Bonchev–Trinajstić information content (AvgIpc) is 3.09. The molecule has 3 rings (SSSR count). The molecule has 0 atom stereocenters. The minimum Gasteiger partial charge on any atom is -0.308 e. The summed E-state index contributed by atoms with van der Waals surface area (Å²) in [5, 5.41) is 5.03. The van der Waals surface area contributed by atoms with Gasteiger partial charge in [-0.05, 0) is 67.3 Å². The summed E-state index contributed by atoms with van der Waals surface area (Å²) in [6.45, 7) is 2.15. The maximum atomic E-state index is 12.7. The number of amides is 2. The molecule has 0 unspecified atom stereocenters. The van der Waals surface area contributed by atoms with Gasteiger partial charge in [-0.25, -0.2) is 9.10 Å². The maximum absolute atomic E-state index is 12.7. The lowest BCUT2D eigenvalue weighted by Gasteiger charge is -2.14. The second-order valence-corrected chi connectivity index (χ2v) is 7.08. The van der Waals surface area contributed by atoms with Gasteiger partial charge in [-0.2, -0.15) is 13.2 Å². The normalized spacial score (nSPS) is 15.0. The van der Waals surface area contributed by atoms with Crippen LogP contribution in [0.4, 0.5) is 29.3 Å². The lowest BCUT2D eigenvalue weighted by molar-refractivity contribution is -0.137. The Hall–Kier alpha value is -2.19. The zero-order valence-electron chi connectivity index (χ0n) is 13.8. The number of anilines is 2. The first-order valence-corrected chi connectivity index (χ1v) is 8.96. The van der Waals surface area contributed by atoms with Crippen molar-refractivity contribution in [3.8, 4) is 0 Å². The Morgan fingerprint density at radius 3 is 2.27 bits per heavy atom. The largest absolute Gasteiger partial charge is 0.416 e. The van der Waals surface area contributed by atoms with Gasteiger partial charge in [0, 0.05) is 29.4 Å². The van der Waals surface area contributed by atoms with E-state index in [1.54, 1.807) is 24.1 Å². The molecule has 2 aromatic rings. The van der Waals surface area contributed by atoms with Crippen LogP contribution in [0.25, 0.3) is 0 Å². The molecule has 0 bridgehead atoms. The Kier molecular flexibility index (Phi) is 5.73. The van der Waals surface area contributed by atoms with Crippen molar-refractivity contribution >= 4 is 29.4 Å². The SMILES string of the molecule is O=C(Nc1ccc(SN2CCCC2)cc1)Nc1cccc(C(F)(F)F)c1. The molecule has 1 aliphatic heterocycles. The summed E-state index contributed by atoms with van der Waals surface area (Å²) in [6, 6.07) is 11.3. The summed E-state index contributed by atoms with van der Waals surface area (Å²) >= 11 is 1.68. The minimum absolute atomic E-state index is 0.0820. The number of hydrogen-bond acceptors (Lipinski definition) is 3. The molecule has 1 saturated heterocycles. The lowest BCUT2D eigenvalue weighted by Crippen LogP contribution is -2.19. The van der Waals surface area contributed by atoms with E-state index < -0.39 is 17.8 Å². The number of nitrogens with zero attached hydrogens (tertiary/aromatic N) is 1. The molecule has 0 aliphatic carbocycles. The number of benzene rings is 2. The van der Waals surface area contributed by atoms with Gasteiger partial charge in [0.1, 0.15) is 0 Å². The highest BCUT2D eigenvalue weighted by Gasteiger charge is 2.30. The van der Waals surface area contributed by atoms with Gasteiger partial charge in [0.2, 0.25) is 0 Å². The third-order valence-electron chi connectivity index (χ3n) is 3.86. The van der Waals surface area contributed by atoms with E-state index >= 15 is 0 Å². The van der Waals surface area contributed by atoms with E-state index in [1.807, 2.05) is 12.1 Å². The summed E-state index contributed by atoms with van der Waals surface area (Å²) in [6.07, 6.45) is -2.03. The maximum Gasteiger partial charge on any atom is 0.416 e. The van der Waals surface area contributed by atoms with Crippen molar-refractivity contribution in [1.82, 2.24) is 4.31 Å². The first kappa shape index (κ1) is 18.6. The Balaban J connectivity index is 1.56. The first-order chi connectivity index (χ1) is 12.4. The lowest BCUT2D eigenvalue weighted by atomic mass is 10.2. The van der Waals surface area contributed by atoms with Crippen molar-refractivity contribution in [3.05, 3.63) is 54.1 Å². The molecule has 0 saturated carbocycles. The van der Waals surface area contributed by atoms with Crippen LogP contribution in [0, 0.1) is 0 Å². The van der Waals surface area contributed by atoms with E-state index in [2.05, 4.69) is 14.9 Å². The van der Waals surface area contributed by atoms with Gasteiger partial charge >= 0.3 is 12.2 Å². The monoisotopic (exact) mass is 381 g/mol. The molecule has 2 amide bonds. The summed E-state index contributed by atoms with van der Waals surface area (Å²) in [4.78, 5) is 13.1. The molecule has 0 spiro atoms. The van der Waals surface area contributed by atoms with Crippen molar-refractivity contribution in [2.45, 2.75) is 23.9 Å². The van der Waals surface area contributed by atoms with Gasteiger partial charge in [-0.3, -0.25) is 0 Å². The third kappa shape index (κ3) is 5.15. The standard InChI is InChI=1S/C18H18F3N3OS/c19-18(20,21)13-4-3-5-15(12-13)23-17(25)22-14-6-8-16(9-7-14)26-24-10-1-2-11-24/h3-9,12H,1-2,10-11H2,(H2,22,23,25). The molecule has 1 heterocycles. The van der Waals surface area contributed by atoms with Crippen LogP contribution in [0.3, 0.4) is 0 Å². The van der Waals surface area contributed by atoms with Crippen molar-refractivity contribution in [2.75, 3.05) is 23.7 Å². The number of carbonyl (C=O) groups excluding carboxylic acids is 1. The van der Waals surface area contributed by atoms with Crippen LogP contribution in [0.5, 0.6) is 0 Å². The van der Waals surface area contributed by atoms with Gasteiger partial charge in [-0.1, -0.05) is 6.07 Å². The van der Waals surface area contributed by atoms with Gasteiger partial charge < -0.3 is 10.6 Å². The Morgan fingerprint density at radius 1 is 0.962 bits per heavy atom. The average molecular weight is 381 g/mol. The number of nitrogens with one attached hydrogen (secondary N) is 2. The third-order valence-corrected chi connectivity index (χ3v) is 4.97. The van der Waals surface area contributed by atoms with E-state index in [9.17, 15) is 18.0 Å². The molecule has 2 aromatic carbocycles. The molecule has 0 aromatic heterocycles. The number of rotatable bonds is 4. The van der Waals surface area contributed by atoms with Crippen LogP contribution in [0.15, 0.2) is 53.4 Å². The topological polar surface area (TPSA) is 44.4 Å². The second-order valence-electron chi connectivity index (χ2n) is 5.91. The molecule has 1 fully saturated rings. The Morgan fingerprint density at radius 2 is 1.62 bits per heavy atom. The molecule has 2 N–H and O–H groups in total. The van der Waals surface area contributed by atoms with E-state index in [0.717, 1.165) is 30.1 Å². The van der Waals surface area contributed by atoms with Crippen LogP contribution in [-0.4, -0.2) is 23.4 Å². The molecule has 4 nitrogen and oxygen atoms in total. The minimum atomic E-state index is -4.45. The smallest absolute Gasteiger partial charge is 0.308 e. The highest BCUT2D eigenvalue weighted by Crippen LogP contribution is 2.31. The fourth-order valence-electron chi connectivity index (χ4n) is 2.59. The van der Waals surface area contributed by atoms with Crippen molar-refractivity contribution in [3.63, 3.8) is 0 Å². The van der Waals surface area contributed by atoms with Crippen LogP contribution in [-0.2, 0) is 6.18 Å². The first-order valence-electron chi connectivity index (χ1n) is 8.18. The number of urea groups is 1. The number of halogens is 3. The predicted molar refractivity (Wildman–Crippen MR) is 97.2 cm³/mol. The Labute approximate surface area is 153 Å². The van der Waals surface area contributed by atoms with E-state index in [0.29, 0.717) is 5.69 Å². The van der Waals surface area contributed by atoms with Gasteiger partial charge in [0.25, 0.3) is 0 Å². The molecule has 26 heavy (non-hydrogen) atoms. The quantitative estimate of drug-likeness (QED) is 0.692. The fraction of sp³-hybridized carbons (Fsp3) is 0.278. The number of carbonyl (C=O) groups is 1. The molecular formula is C18H18F3N3OS. The fourth-order valence-corrected chi connectivity index (χ4v) is 3.59. The molecular weight excluding hydrogens is 363 g/mol.